The molecule has 0 unspecified atom stereocenters. The van der Waals surface area contributed by atoms with E-state index in [0.717, 1.165) is 0 Å². The van der Waals surface area contributed by atoms with Crippen molar-refractivity contribution >= 4 is 17.4 Å². The van der Waals surface area contributed by atoms with E-state index in [0.29, 0.717) is 16.7 Å². The average Bonchev–Trinajstić information content (AvgIpc) is 2.16. The summed E-state index contributed by atoms with van der Waals surface area (Å²) in [4.78, 5) is 8.07. The summed E-state index contributed by atoms with van der Waals surface area (Å²) in [5.41, 5.74) is 3.02. The molecule has 0 aliphatic rings. The second-order valence-corrected chi connectivity index (χ2v) is 2.70. The SMILES string of the molecule is COc1nc(SC)ncc1NN. The number of aromatic nitrogens is 2. The Morgan fingerprint density at radius 1 is 1.67 bits per heavy atom. The predicted molar refractivity (Wildman–Crippen MR) is 48.2 cm³/mol. The molecule has 0 atom stereocenters. The summed E-state index contributed by atoms with van der Waals surface area (Å²) in [6.07, 6.45) is 3.47. The van der Waals surface area contributed by atoms with Gasteiger partial charge in [0.15, 0.2) is 5.16 Å². The van der Waals surface area contributed by atoms with E-state index in [4.69, 9.17) is 10.6 Å². The number of rotatable bonds is 3. The standard InChI is InChI=1S/C6H10N4OS/c1-11-5-4(10-7)3-8-6(9-5)12-2/h3,10H,7H2,1-2H3. The highest BCUT2D eigenvalue weighted by atomic mass is 32.2. The molecule has 0 saturated heterocycles. The van der Waals surface area contributed by atoms with Gasteiger partial charge >= 0.3 is 0 Å². The maximum absolute atomic E-state index is 5.20. The third-order valence-corrected chi connectivity index (χ3v) is 1.82. The second kappa shape index (κ2) is 4.13. The first-order valence-electron chi connectivity index (χ1n) is 3.23. The van der Waals surface area contributed by atoms with Crippen LogP contribution in [0.2, 0.25) is 0 Å². The molecule has 0 aliphatic carbocycles. The molecular weight excluding hydrogens is 176 g/mol. The highest BCUT2D eigenvalue weighted by Gasteiger charge is 2.04. The van der Waals surface area contributed by atoms with Crippen molar-refractivity contribution in [2.75, 3.05) is 18.8 Å². The monoisotopic (exact) mass is 186 g/mol. The van der Waals surface area contributed by atoms with Crippen LogP contribution in [0.15, 0.2) is 11.4 Å². The molecule has 0 saturated carbocycles. The summed E-state index contributed by atoms with van der Waals surface area (Å²) in [7, 11) is 1.54. The molecule has 12 heavy (non-hydrogen) atoms. The first-order chi connectivity index (χ1) is 5.81. The summed E-state index contributed by atoms with van der Waals surface area (Å²) in [5.74, 6) is 5.66. The fourth-order valence-corrected chi connectivity index (χ4v) is 1.04. The van der Waals surface area contributed by atoms with Gasteiger partial charge in [0, 0.05) is 0 Å². The van der Waals surface area contributed by atoms with Crippen molar-refractivity contribution in [1.82, 2.24) is 9.97 Å². The van der Waals surface area contributed by atoms with Crippen molar-refractivity contribution in [3.63, 3.8) is 0 Å². The lowest BCUT2D eigenvalue weighted by Gasteiger charge is -2.05. The fraction of sp³-hybridized carbons (Fsp3) is 0.333. The van der Waals surface area contributed by atoms with Gasteiger partial charge in [-0.2, -0.15) is 4.98 Å². The highest BCUT2D eigenvalue weighted by Crippen LogP contribution is 2.21. The number of nitrogen functional groups attached to an aromatic ring is 1. The molecule has 0 bridgehead atoms. The van der Waals surface area contributed by atoms with Crippen LogP contribution in [0.4, 0.5) is 5.69 Å². The van der Waals surface area contributed by atoms with E-state index in [-0.39, 0.29) is 0 Å². The van der Waals surface area contributed by atoms with Gasteiger partial charge in [0.25, 0.3) is 0 Å². The zero-order valence-electron chi connectivity index (χ0n) is 6.87. The molecule has 0 spiro atoms. The Labute approximate surface area is 74.7 Å². The normalized spacial score (nSPS) is 9.58. The number of methoxy groups -OCH3 is 1. The van der Waals surface area contributed by atoms with Gasteiger partial charge in [-0.25, -0.2) is 4.98 Å². The van der Waals surface area contributed by atoms with Crippen molar-refractivity contribution in [1.29, 1.82) is 0 Å². The van der Waals surface area contributed by atoms with Gasteiger partial charge in [-0.05, 0) is 6.26 Å². The van der Waals surface area contributed by atoms with Crippen molar-refractivity contribution in [2.24, 2.45) is 5.84 Å². The highest BCUT2D eigenvalue weighted by molar-refractivity contribution is 7.98. The van der Waals surface area contributed by atoms with Crippen LogP contribution < -0.4 is 16.0 Å². The van der Waals surface area contributed by atoms with Crippen LogP contribution >= 0.6 is 11.8 Å². The largest absolute Gasteiger partial charge is 0.479 e. The number of nitrogens with zero attached hydrogens (tertiary/aromatic N) is 2. The number of anilines is 1. The predicted octanol–water partition coefficient (Wildman–Crippen LogP) is 0.493. The Kier molecular flexibility index (Phi) is 3.12. The number of thioether (sulfide) groups is 1. The summed E-state index contributed by atoms with van der Waals surface area (Å²) in [6.45, 7) is 0. The van der Waals surface area contributed by atoms with E-state index in [9.17, 15) is 0 Å². The van der Waals surface area contributed by atoms with Crippen LogP contribution in [0.5, 0.6) is 5.88 Å². The molecule has 0 amide bonds. The Hall–Kier alpha value is -1.01. The van der Waals surface area contributed by atoms with Crippen molar-refractivity contribution in [2.45, 2.75) is 5.16 Å². The first-order valence-corrected chi connectivity index (χ1v) is 4.46. The van der Waals surface area contributed by atoms with E-state index in [2.05, 4.69) is 15.4 Å². The van der Waals surface area contributed by atoms with E-state index >= 15 is 0 Å². The quantitative estimate of drug-likeness (QED) is 0.310. The molecule has 66 valence electrons. The van der Waals surface area contributed by atoms with Crippen LogP contribution in [0.1, 0.15) is 0 Å². The molecule has 1 rings (SSSR count). The molecule has 0 fully saturated rings. The molecular formula is C6H10N4OS. The summed E-state index contributed by atoms with van der Waals surface area (Å²) in [5, 5.41) is 0.658. The van der Waals surface area contributed by atoms with E-state index in [1.807, 2.05) is 6.26 Å². The van der Waals surface area contributed by atoms with Gasteiger partial charge in [0.05, 0.1) is 13.3 Å². The third kappa shape index (κ3) is 1.77. The number of nitrogens with two attached hydrogens (primary N) is 1. The maximum atomic E-state index is 5.20. The number of ether oxygens (including phenoxy) is 1. The Bertz CT molecular complexity index is 268. The molecule has 0 radical (unpaired) electrons. The van der Waals surface area contributed by atoms with E-state index < -0.39 is 0 Å². The smallest absolute Gasteiger partial charge is 0.242 e. The molecule has 0 aromatic carbocycles. The molecule has 1 aromatic rings. The van der Waals surface area contributed by atoms with Crippen LogP contribution in [-0.2, 0) is 0 Å². The minimum atomic E-state index is 0.455. The lowest BCUT2D eigenvalue weighted by atomic mass is 10.5. The minimum Gasteiger partial charge on any atom is -0.479 e. The Morgan fingerprint density at radius 3 is 2.92 bits per heavy atom. The average molecular weight is 186 g/mol. The zero-order valence-corrected chi connectivity index (χ0v) is 7.68. The molecule has 6 heteroatoms. The van der Waals surface area contributed by atoms with Gasteiger partial charge in [-0.15, -0.1) is 0 Å². The Balaban J connectivity index is 3.02. The summed E-state index contributed by atoms with van der Waals surface area (Å²) >= 11 is 1.45. The number of hydrogen-bond acceptors (Lipinski definition) is 6. The molecule has 1 aromatic heterocycles. The van der Waals surface area contributed by atoms with Gasteiger partial charge in [0.2, 0.25) is 5.88 Å². The fourth-order valence-electron chi connectivity index (χ4n) is 0.704. The lowest BCUT2D eigenvalue weighted by molar-refractivity contribution is 0.394. The number of hydrogen-bond donors (Lipinski definition) is 2. The van der Waals surface area contributed by atoms with Crippen molar-refractivity contribution in [3.8, 4) is 5.88 Å². The third-order valence-electron chi connectivity index (χ3n) is 1.26. The van der Waals surface area contributed by atoms with Crippen LogP contribution in [0.3, 0.4) is 0 Å². The van der Waals surface area contributed by atoms with Crippen LogP contribution in [0.25, 0.3) is 0 Å². The minimum absolute atomic E-state index is 0.455. The first kappa shape index (κ1) is 9.08. The van der Waals surface area contributed by atoms with Crippen molar-refractivity contribution in [3.05, 3.63) is 6.20 Å². The number of hydrazine groups is 1. The van der Waals surface area contributed by atoms with Crippen LogP contribution in [0, 0.1) is 0 Å². The lowest BCUT2D eigenvalue weighted by Crippen LogP contribution is -2.09. The maximum Gasteiger partial charge on any atom is 0.242 e. The molecule has 5 nitrogen and oxygen atoms in total. The van der Waals surface area contributed by atoms with Crippen LogP contribution in [-0.4, -0.2) is 23.3 Å². The topological polar surface area (TPSA) is 73.1 Å². The van der Waals surface area contributed by atoms with Crippen molar-refractivity contribution < 1.29 is 4.74 Å². The Morgan fingerprint density at radius 2 is 2.42 bits per heavy atom. The molecule has 3 N–H and O–H groups in total. The summed E-state index contributed by atoms with van der Waals surface area (Å²) < 4.78 is 4.97. The zero-order chi connectivity index (χ0) is 8.97. The second-order valence-electron chi connectivity index (χ2n) is 1.92. The van der Waals surface area contributed by atoms with Gasteiger partial charge in [0.1, 0.15) is 5.69 Å². The van der Waals surface area contributed by atoms with Gasteiger partial charge in [-0.1, -0.05) is 11.8 Å². The van der Waals surface area contributed by atoms with E-state index in [1.54, 1.807) is 6.20 Å². The van der Waals surface area contributed by atoms with Gasteiger partial charge in [-0.3, -0.25) is 5.84 Å². The van der Waals surface area contributed by atoms with E-state index in [1.165, 1.54) is 18.9 Å². The van der Waals surface area contributed by atoms with Gasteiger partial charge < -0.3 is 10.2 Å². The number of nitrogens with one attached hydrogen (secondary N) is 1. The summed E-state index contributed by atoms with van der Waals surface area (Å²) in [6, 6.07) is 0. The molecule has 0 aliphatic heterocycles. The molecule has 1 heterocycles.